The third-order valence-corrected chi connectivity index (χ3v) is 4.61. The molecule has 0 spiro atoms. The Bertz CT molecular complexity index is 415. The first kappa shape index (κ1) is 15.8. The van der Waals surface area contributed by atoms with Crippen molar-refractivity contribution in [1.82, 2.24) is 5.32 Å². The molecule has 112 valence electrons. The van der Waals surface area contributed by atoms with Crippen LogP contribution in [0.15, 0.2) is 18.2 Å². The minimum absolute atomic E-state index is 0.182. The first-order valence-electron chi connectivity index (χ1n) is 7.89. The standard InChI is InChI=1S/C17H25ClFN/c1-2-10-20-17(11-13-6-4-3-5-7-13)15-12-14(19)8-9-16(15)18/h8-9,12-13,17,20H,2-7,10-11H2,1H3. The largest absolute Gasteiger partial charge is 0.310 e. The fourth-order valence-corrected chi connectivity index (χ4v) is 3.43. The summed E-state index contributed by atoms with van der Waals surface area (Å²) in [5.41, 5.74) is 0.922. The van der Waals surface area contributed by atoms with Gasteiger partial charge in [-0.2, -0.15) is 0 Å². The minimum atomic E-state index is -0.198. The molecule has 1 nitrogen and oxygen atoms in total. The quantitative estimate of drug-likeness (QED) is 0.732. The number of hydrogen-bond donors (Lipinski definition) is 1. The molecule has 1 atom stereocenters. The summed E-state index contributed by atoms with van der Waals surface area (Å²) >= 11 is 6.28. The Morgan fingerprint density at radius 1 is 1.30 bits per heavy atom. The molecule has 1 aromatic carbocycles. The Labute approximate surface area is 126 Å². The van der Waals surface area contributed by atoms with Crippen molar-refractivity contribution in [2.24, 2.45) is 5.92 Å². The van der Waals surface area contributed by atoms with Gasteiger partial charge in [0.05, 0.1) is 0 Å². The average molecular weight is 298 g/mol. The van der Waals surface area contributed by atoms with E-state index in [2.05, 4.69) is 12.2 Å². The molecule has 1 aliphatic carbocycles. The van der Waals surface area contributed by atoms with E-state index in [1.807, 2.05) is 0 Å². The van der Waals surface area contributed by atoms with Crippen LogP contribution in [0.5, 0.6) is 0 Å². The van der Waals surface area contributed by atoms with Gasteiger partial charge in [-0.05, 0) is 49.1 Å². The lowest BCUT2D eigenvalue weighted by atomic mass is 9.83. The van der Waals surface area contributed by atoms with E-state index in [9.17, 15) is 4.39 Å². The molecule has 1 saturated carbocycles. The molecule has 0 amide bonds. The van der Waals surface area contributed by atoms with Crippen molar-refractivity contribution in [1.29, 1.82) is 0 Å². The van der Waals surface area contributed by atoms with Gasteiger partial charge in [0.25, 0.3) is 0 Å². The molecule has 3 heteroatoms. The van der Waals surface area contributed by atoms with Crippen LogP contribution < -0.4 is 5.32 Å². The third-order valence-electron chi connectivity index (χ3n) is 4.27. The van der Waals surface area contributed by atoms with Gasteiger partial charge in [-0.25, -0.2) is 4.39 Å². The maximum atomic E-state index is 13.5. The van der Waals surface area contributed by atoms with Gasteiger partial charge in [-0.15, -0.1) is 0 Å². The topological polar surface area (TPSA) is 12.0 Å². The summed E-state index contributed by atoms with van der Waals surface area (Å²) in [5, 5.41) is 4.23. The second kappa shape index (κ2) is 7.99. The molecule has 0 heterocycles. The number of nitrogens with one attached hydrogen (secondary N) is 1. The third kappa shape index (κ3) is 4.46. The van der Waals surface area contributed by atoms with E-state index < -0.39 is 0 Å². The Morgan fingerprint density at radius 3 is 2.75 bits per heavy atom. The first-order valence-corrected chi connectivity index (χ1v) is 8.26. The van der Waals surface area contributed by atoms with Gasteiger partial charge in [0, 0.05) is 11.1 Å². The fraction of sp³-hybridized carbons (Fsp3) is 0.647. The Morgan fingerprint density at radius 2 is 2.05 bits per heavy atom. The summed E-state index contributed by atoms with van der Waals surface area (Å²) in [6, 6.07) is 4.89. The van der Waals surface area contributed by atoms with Crippen LogP contribution in [0.4, 0.5) is 4.39 Å². The van der Waals surface area contributed by atoms with Crippen LogP contribution in [0, 0.1) is 11.7 Å². The Kier molecular flexibility index (Phi) is 6.31. The van der Waals surface area contributed by atoms with Crippen molar-refractivity contribution in [2.75, 3.05) is 6.54 Å². The lowest BCUT2D eigenvalue weighted by Crippen LogP contribution is -2.25. The van der Waals surface area contributed by atoms with Crippen molar-refractivity contribution in [3.63, 3.8) is 0 Å². The smallest absolute Gasteiger partial charge is 0.123 e. The monoisotopic (exact) mass is 297 g/mol. The van der Waals surface area contributed by atoms with Gasteiger partial charge in [-0.1, -0.05) is 50.6 Å². The lowest BCUT2D eigenvalue weighted by molar-refractivity contribution is 0.299. The van der Waals surface area contributed by atoms with Gasteiger partial charge in [0.15, 0.2) is 0 Å². The molecule has 0 aliphatic heterocycles. The van der Waals surface area contributed by atoms with Crippen LogP contribution in [0.25, 0.3) is 0 Å². The van der Waals surface area contributed by atoms with Crippen molar-refractivity contribution in [3.05, 3.63) is 34.6 Å². The van der Waals surface area contributed by atoms with Gasteiger partial charge in [0.2, 0.25) is 0 Å². The predicted molar refractivity (Wildman–Crippen MR) is 83.6 cm³/mol. The van der Waals surface area contributed by atoms with Crippen LogP contribution >= 0.6 is 11.6 Å². The molecule has 1 fully saturated rings. The summed E-state index contributed by atoms with van der Waals surface area (Å²) in [6.45, 7) is 3.10. The van der Waals surface area contributed by atoms with Crippen LogP contribution in [-0.4, -0.2) is 6.54 Å². The van der Waals surface area contributed by atoms with Crippen LogP contribution in [0.1, 0.15) is 63.5 Å². The van der Waals surface area contributed by atoms with Crippen LogP contribution in [0.3, 0.4) is 0 Å². The zero-order valence-corrected chi connectivity index (χ0v) is 13.1. The van der Waals surface area contributed by atoms with Crippen molar-refractivity contribution in [3.8, 4) is 0 Å². The molecule has 0 saturated heterocycles. The molecule has 20 heavy (non-hydrogen) atoms. The second-order valence-electron chi connectivity index (χ2n) is 5.91. The molecule has 2 rings (SSSR count). The normalized spacial score (nSPS) is 18.1. The summed E-state index contributed by atoms with van der Waals surface area (Å²) in [5.74, 6) is 0.550. The Hall–Kier alpha value is -0.600. The Balaban J connectivity index is 2.10. The van der Waals surface area contributed by atoms with E-state index in [1.54, 1.807) is 12.1 Å². The first-order chi connectivity index (χ1) is 9.70. The summed E-state index contributed by atoms with van der Waals surface area (Å²) in [4.78, 5) is 0. The highest BCUT2D eigenvalue weighted by atomic mass is 35.5. The van der Waals surface area contributed by atoms with E-state index in [4.69, 9.17) is 11.6 Å². The SMILES string of the molecule is CCCNC(CC1CCCCC1)c1cc(F)ccc1Cl. The van der Waals surface area contributed by atoms with E-state index in [0.29, 0.717) is 5.02 Å². The minimum Gasteiger partial charge on any atom is -0.310 e. The van der Waals surface area contributed by atoms with Crippen LogP contribution in [0.2, 0.25) is 5.02 Å². The maximum absolute atomic E-state index is 13.5. The van der Waals surface area contributed by atoms with Gasteiger partial charge < -0.3 is 5.32 Å². The van der Waals surface area contributed by atoms with Gasteiger partial charge >= 0.3 is 0 Å². The maximum Gasteiger partial charge on any atom is 0.123 e. The predicted octanol–water partition coefficient (Wildman–Crippen LogP) is 5.49. The highest BCUT2D eigenvalue weighted by molar-refractivity contribution is 6.31. The summed E-state index contributed by atoms with van der Waals surface area (Å²) in [6.07, 6.45) is 8.79. The van der Waals surface area contributed by atoms with E-state index in [-0.39, 0.29) is 11.9 Å². The number of halogens is 2. The molecular weight excluding hydrogens is 273 g/mol. The van der Waals surface area contributed by atoms with Gasteiger partial charge in [0.1, 0.15) is 5.82 Å². The molecule has 0 aromatic heterocycles. The molecule has 1 N–H and O–H groups in total. The molecule has 1 unspecified atom stereocenters. The van der Waals surface area contributed by atoms with E-state index in [1.165, 1.54) is 38.2 Å². The lowest BCUT2D eigenvalue weighted by Gasteiger charge is -2.28. The van der Waals surface area contributed by atoms with Crippen LogP contribution in [-0.2, 0) is 0 Å². The highest BCUT2D eigenvalue weighted by Crippen LogP contribution is 2.34. The molecule has 1 aromatic rings. The van der Waals surface area contributed by atoms with E-state index in [0.717, 1.165) is 30.9 Å². The second-order valence-corrected chi connectivity index (χ2v) is 6.32. The zero-order valence-electron chi connectivity index (χ0n) is 12.3. The van der Waals surface area contributed by atoms with E-state index >= 15 is 0 Å². The highest BCUT2D eigenvalue weighted by Gasteiger charge is 2.21. The molecule has 0 radical (unpaired) electrons. The summed E-state index contributed by atoms with van der Waals surface area (Å²) in [7, 11) is 0. The molecule has 1 aliphatic rings. The van der Waals surface area contributed by atoms with Gasteiger partial charge in [-0.3, -0.25) is 0 Å². The zero-order chi connectivity index (χ0) is 14.4. The van der Waals surface area contributed by atoms with Crippen molar-refractivity contribution in [2.45, 2.75) is 57.9 Å². The number of benzene rings is 1. The summed E-state index contributed by atoms with van der Waals surface area (Å²) < 4.78 is 13.5. The average Bonchev–Trinajstić information content (AvgIpc) is 2.47. The van der Waals surface area contributed by atoms with Crippen molar-refractivity contribution >= 4 is 11.6 Å². The molecule has 0 bridgehead atoms. The number of rotatable bonds is 6. The molecular formula is C17H25ClFN. The van der Waals surface area contributed by atoms with Crippen molar-refractivity contribution < 1.29 is 4.39 Å². The fourth-order valence-electron chi connectivity index (χ4n) is 3.18. The number of hydrogen-bond acceptors (Lipinski definition) is 1.